The summed E-state index contributed by atoms with van der Waals surface area (Å²) in [5.41, 5.74) is 1.19. The van der Waals surface area contributed by atoms with Crippen molar-refractivity contribution in [3.05, 3.63) is 65.9 Å². The van der Waals surface area contributed by atoms with Crippen LogP contribution < -0.4 is 10.6 Å². The minimum atomic E-state index is -1.88. The summed E-state index contributed by atoms with van der Waals surface area (Å²) in [6.07, 6.45) is 7.48. The van der Waals surface area contributed by atoms with E-state index in [1.54, 1.807) is 41.3 Å². The molecule has 3 aromatic rings. The van der Waals surface area contributed by atoms with Gasteiger partial charge in [-0.15, -0.1) is 12.8 Å². The number of piperazine rings is 1. The number of carboxylic acids is 1. The van der Waals surface area contributed by atoms with Crippen LogP contribution in [0.15, 0.2) is 54.7 Å². The second-order valence-corrected chi connectivity index (χ2v) is 8.75. The highest BCUT2D eigenvalue weighted by atomic mass is 16.4. The number of likely N-dealkylation sites (N-methyl/N-ethyl adjacent to an activating group) is 1. The molecule has 5 N–H and O–H groups in total. The van der Waals surface area contributed by atoms with Crippen molar-refractivity contribution in [2.75, 3.05) is 38.5 Å². The van der Waals surface area contributed by atoms with Crippen LogP contribution in [0, 0.1) is 12.8 Å². The lowest BCUT2D eigenvalue weighted by molar-refractivity contribution is -0.145. The predicted octanol–water partition coefficient (Wildman–Crippen LogP) is 0.557. The van der Waals surface area contributed by atoms with Gasteiger partial charge in [-0.25, -0.2) is 0 Å². The van der Waals surface area contributed by atoms with Gasteiger partial charge in [0.1, 0.15) is 6.04 Å². The van der Waals surface area contributed by atoms with Gasteiger partial charge in [0, 0.05) is 43.3 Å². The summed E-state index contributed by atoms with van der Waals surface area (Å²) in [6.45, 7) is 1.01. The Balaban J connectivity index is 0.00000216. The average molecular weight is 548 g/mol. The Hall–Kier alpha value is -4.99. The second-order valence-electron chi connectivity index (χ2n) is 8.75. The molecule has 0 radical (unpaired) electrons. The molecule has 4 rings (SSSR count). The van der Waals surface area contributed by atoms with Gasteiger partial charge in [-0.3, -0.25) is 24.0 Å². The number of Topliss-reactive ketones (excluding diaryl/α,β-unsaturated/α-hetero) is 1. The molecule has 2 atom stereocenters. The highest BCUT2D eigenvalue weighted by Gasteiger charge is 2.32. The molecular formula is C28H29N5O7. The summed E-state index contributed by atoms with van der Waals surface area (Å²) in [4.78, 5) is 68.4. The van der Waals surface area contributed by atoms with Crippen LogP contribution in [0.2, 0.25) is 0 Å². The number of aromatic amines is 1. The lowest BCUT2D eigenvalue weighted by atomic mass is 10.1. The van der Waals surface area contributed by atoms with Crippen LogP contribution in [-0.2, 0) is 14.4 Å². The Kier molecular flexibility index (Phi) is 9.75. The lowest BCUT2D eigenvalue weighted by Crippen LogP contribution is -2.52. The first-order valence-electron chi connectivity index (χ1n) is 12.2. The Morgan fingerprint density at radius 1 is 0.925 bits per heavy atom. The van der Waals surface area contributed by atoms with E-state index >= 15 is 0 Å². The van der Waals surface area contributed by atoms with Gasteiger partial charge >= 0.3 is 5.97 Å². The zero-order valence-corrected chi connectivity index (χ0v) is 21.7. The largest absolute Gasteiger partial charge is 0.480 e. The first kappa shape index (κ1) is 29.6. The molecule has 2 aromatic carbocycles. The number of H-pyrrole nitrogens is 1. The SMILES string of the molecule is C#C.CNC(C(=O)O)C(O)C(=O)Nc1cccc2c(C(=O)C(=O)N3CCN(C(=O)c4ccccc4)CC3)c[nH]c12. The van der Waals surface area contributed by atoms with Gasteiger partial charge < -0.3 is 35.6 Å². The number of carbonyl (C=O) groups excluding carboxylic acids is 4. The molecule has 3 amide bonds. The van der Waals surface area contributed by atoms with Crippen LogP contribution in [-0.4, -0.2) is 99.8 Å². The Morgan fingerprint density at radius 2 is 1.55 bits per heavy atom. The maximum Gasteiger partial charge on any atom is 0.323 e. The number of aliphatic hydroxyl groups is 1. The van der Waals surface area contributed by atoms with E-state index in [1.807, 2.05) is 6.07 Å². The van der Waals surface area contributed by atoms with Crippen molar-refractivity contribution in [1.29, 1.82) is 0 Å². The number of ketones is 1. The van der Waals surface area contributed by atoms with E-state index in [9.17, 15) is 29.1 Å². The number of anilines is 1. The molecule has 12 heteroatoms. The lowest BCUT2D eigenvalue weighted by Gasteiger charge is -2.34. The van der Waals surface area contributed by atoms with Crippen molar-refractivity contribution >= 4 is 46.1 Å². The molecular weight excluding hydrogens is 518 g/mol. The number of para-hydroxylation sites is 1. The van der Waals surface area contributed by atoms with Crippen molar-refractivity contribution in [2.24, 2.45) is 0 Å². The first-order valence-corrected chi connectivity index (χ1v) is 12.2. The Bertz CT molecular complexity index is 1420. The standard InChI is InChI=1S/C26H27N5O7.C2H2/c1-27-20(26(37)38)22(33)23(34)29-18-9-5-8-16-17(14-28-19(16)18)21(32)25(36)31-12-10-30(11-13-31)24(35)15-6-3-2-4-7-15;1-2/h2-9,14,20,22,27-28,33H,10-13H2,1H3,(H,29,34)(H,37,38);1-2H. The van der Waals surface area contributed by atoms with Crippen LogP contribution in [0.3, 0.4) is 0 Å². The number of nitrogens with zero attached hydrogens (tertiary/aromatic N) is 2. The fourth-order valence-electron chi connectivity index (χ4n) is 4.36. The predicted molar refractivity (Wildman–Crippen MR) is 147 cm³/mol. The number of hydrogen-bond acceptors (Lipinski definition) is 7. The number of hydrogen-bond donors (Lipinski definition) is 5. The summed E-state index contributed by atoms with van der Waals surface area (Å²) < 4.78 is 0. The summed E-state index contributed by atoms with van der Waals surface area (Å²) in [6, 6.07) is 12.0. The molecule has 1 aromatic heterocycles. The summed E-state index contributed by atoms with van der Waals surface area (Å²) >= 11 is 0. The number of fused-ring (bicyclic) bond motifs is 1. The van der Waals surface area contributed by atoms with Gasteiger partial charge in [-0.2, -0.15) is 0 Å². The van der Waals surface area contributed by atoms with Crippen molar-refractivity contribution in [3.8, 4) is 12.8 Å². The highest BCUT2D eigenvalue weighted by Crippen LogP contribution is 2.26. The van der Waals surface area contributed by atoms with Crippen molar-refractivity contribution in [2.45, 2.75) is 12.1 Å². The number of rotatable bonds is 8. The summed E-state index contributed by atoms with van der Waals surface area (Å²) in [5, 5.41) is 24.5. The number of aromatic nitrogens is 1. The van der Waals surface area contributed by atoms with Crippen molar-refractivity contribution in [1.82, 2.24) is 20.1 Å². The highest BCUT2D eigenvalue weighted by molar-refractivity contribution is 6.45. The Labute approximate surface area is 230 Å². The monoisotopic (exact) mass is 547 g/mol. The molecule has 1 fully saturated rings. The number of aliphatic hydroxyl groups excluding tert-OH is 1. The van der Waals surface area contributed by atoms with Gasteiger partial charge in [0.15, 0.2) is 6.10 Å². The number of terminal acetylenes is 1. The average Bonchev–Trinajstić information content (AvgIpc) is 3.43. The number of nitrogens with one attached hydrogen (secondary N) is 3. The molecule has 208 valence electrons. The van der Waals surface area contributed by atoms with Gasteiger partial charge in [0.2, 0.25) is 0 Å². The Morgan fingerprint density at radius 3 is 2.15 bits per heavy atom. The molecule has 2 heterocycles. The van der Waals surface area contributed by atoms with Gasteiger partial charge in [0.25, 0.3) is 23.5 Å². The van der Waals surface area contributed by atoms with Crippen LogP contribution >= 0.6 is 0 Å². The molecule has 0 bridgehead atoms. The van der Waals surface area contributed by atoms with E-state index in [0.29, 0.717) is 29.6 Å². The molecule has 0 aliphatic carbocycles. The van der Waals surface area contributed by atoms with E-state index in [2.05, 4.69) is 28.5 Å². The second kappa shape index (κ2) is 13.2. The summed E-state index contributed by atoms with van der Waals surface area (Å²) in [5.74, 6) is -3.94. The molecule has 12 nitrogen and oxygen atoms in total. The molecule has 1 aliphatic rings. The minimum absolute atomic E-state index is 0.100. The summed E-state index contributed by atoms with van der Waals surface area (Å²) in [7, 11) is 1.30. The van der Waals surface area contributed by atoms with Gasteiger partial charge in [-0.1, -0.05) is 30.3 Å². The molecule has 40 heavy (non-hydrogen) atoms. The van der Waals surface area contributed by atoms with Crippen LogP contribution in [0.1, 0.15) is 20.7 Å². The van der Waals surface area contributed by atoms with E-state index in [4.69, 9.17) is 5.11 Å². The fourth-order valence-corrected chi connectivity index (χ4v) is 4.36. The minimum Gasteiger partial charge on any atom is -0.480 e. The number of aliphatic carboxylic acids is 1. The van der Waals surface area contributed by atoms with E-state index < -0.39 is 35.7 Å². The smallest absolute Gasteiger partial charge is 0.323 e. The van der Waals surface area contributed by atoms with Gasteiger partial charge in [-0.05, 0) is 25.2 Å². The van der Waals surface area contributed by atoms with Crippen molar-refractivity contribution in [3.63, 3.8) is 0 Å². The molecule has 1 aliphatic heterocycles. The third-order valence-electron chi connectivity index (χ3n) is 6.45. The maximum absolute atomic E-state index is 13.1. The molecule has 0 spiro atoms. The van der Waals surface area contributed by atoms with Crippen molar-refractivity contribution < 1.29 is 34.2 Å². The van der Waals surface area contributed by atoms with Crippen LogP contribution in [0.5, 0.6) is 0 Å². The number of benzene rings is 2. The normalized spacial score (nSPS) is 14.4. The van der Waals surface area contributed by atoms with E-state index in [1.165, 1.54) is 24.2 Å². The maximum atomic E-state index is 13.1. The number of carboxylic acid groups (broad SMARTS) is 1. The fraction of sp³-hybridized carbons (Fsp3) is 0.250. The number of carbonyl (C=O) groups is 5. The van der Waals surface area contributed by atoms with Crippen LogP contribution in [0.4, 0.5) is 5.69 Å². The topological polar surface area (TPSA) is 172 Å². The third kappa shape index (κ3) is 6.17. The molecule has 0 saturated carbocycles. The zero-order valence-electron chi connectivity index (χ0n) is 21.7. The van der Waals surface area contributed by atoms with Gasteiger partial charge in [0.05, 0.1) is 16.8 Å². The van der Waals surface area contributed by atoms with E-state index in [0.717, 1.165) is 0 Å². The molecule has 2 unspecified atom stereocenters. The number of amides is 3. The quantitative estimate of drug-likeness (QED) is 0.155. The van der Waals surface area contributed by atoms with Crippen LogP contribution in [0.25, 0.3) is 10.9 Å². The first-order chi connectivity index (χ1) is 19.2. The third-order valence-corrected chi connectivity index (χ3v) is 6.45. The van der Waals surface area contributed by atoms with E-state index in [-0.39, 0.29) is 30.2 Å². The molecule has 1 saturated heterocycles. The zero-order chi connectivity index (χ0) is 29.4.